The third kappa shape index (κ3) is 5.70. The van der Waals surface area contributed by atoms with Crippen LogP contribution in [0.15, 0.2) is 4.99 Å². The van der Waals surface area contributed by atoms with Gasteiger partial charge in [-0.2, -0.15) is 0 Å². The van der Waals surface area contributed by atoms with Crippen LogP contribution in [0.2, 0.25) is 0 Å². The molecule has 0 aromatic heterocycles. The summed E-state index contributed by atoms with van der Waals surface area (Å²) >= 11 is 0. The summed E-state index contributed by atoms with van der Waals surface area (Å²) < 4.78 is 0. The zero-order chi connectivity index (χ0) is 16.7. The zero-order valence-electron chi connectivity index (χ0n) is 15.1. The highest BCUT2D eigenvalue weighted by atomic mass is 16.2. The van der Waals surface area contributed by atoms with E-state index in [9.17, 15) is 4.79 Å². The second kappa shape index (κ2) is 9.14. The Morgan fingerprint density at radius 2 is 2.09 bits per heavy atom. The summed E-state index contributed by atoms with van der Waals surface area (Å²) in [5, 5.41) is 6.88. The van der Waals surface area contributed by atoms with Gasteiger partial charge in [0.1, 0.15) is 0 Å². The molecule has 5 nitrogen and oxygen atoms in total. The number of aliphatic imine (C=N–C) groups is 1. The first-order valence-corrected chi connectivity index (χ1v) is 9.45. The first kappa shape index (κ1) is 18.1. The van der Waals surface area contributed by atoms with Gasteiger partial charge in [0.25, 0.3) is 0 Å². The van der Waals surface area contributed by atoms with E-state index in [1.165, 1.54) is 25.7 Å². The number of amides is 1. The van der Waals surface area contributed by atoms with Crippen LogP contribution in [-0.4, -0.2) is 49.0 Å². The highest BCUT2D eigenvalue weighted by Gasteiger charge is 2.26. The van der Waals surface area contributed by atoms with Crippen LogP contribution < -0.4 is 10.6 Å². The van der Waals surface area contributed by atoms with Gasteiger partial charge < -0.3 is 15.5 Å². The van der Waals surface area contributed by atoms with Gasteiger partial charge in [-0.05, 0) is 38.0 Å². The Morgan fingerprint density at radius 1 is 1.26 bits per heavy atom. The van der Waals surface area contributed by atoms with E-state index in [1.54, 1.807) is 0 Å². The summed E-state index contributed by atoms with van der Waals surface area (Å²) in [6.45, 7) is 9.85. The molecule has 3 atom stereocenters. The highest BCUT2D eigenvalue weighted by molar-refractivity contribution is 5.80. The number of hydrogen-bond donors (Lipinski definition) is 2. The molecule has 1 aliphatic carbocycles. The number of nitrogens with zero attached hydrogens (tertiary/aromatic N) is 2. The lowest BCUT2D eigenvalue weighted by Gasteiger charge is -2.26. The molecular formula is C18H34N4O. The van der Waals surface area contributed by atoms with Crippen molar-refractivity contribution in [2.24, 2.45) is 16.8 Å². The van der Waals surface area contributed by atoms with Crippen molar-refractivity contribution < 1.29 is 4.79 Å². The van der Waals surface area contributed by atoms with E-state index in [-0.39, 0.29) is 5.91 Å². The largest absolute Gasteiger partial charge is 0.357 e. The predicted octanol–water partition coefficient (Wildman–Crippen LogP) is 2.38. The fourth-order valence-electron chi connectivity index (χ4n) is 3.79. The van der Waals surface area contributed by atoms with Gasteiger partial charge in [0, 0.05) is 38.6 Å². The molecule has 1 saturated carbocycles. The van der Waals surface area contributed by atoms with Crippen LogP contribution in [-0.2, 0) is 4.79 Å². The van der Waals surface area contributed by atoms with E-state index >= 15 is 0 Å². The van der Waals surface area contributed by atoms with Crippen molar-refractivity contribution in [2.75, 3.05) is 26.2 Å². The third-order valence-corrected chi connectivity index (χ3v) is 5.08. The molecule has 0 bridgehead atoms. The maximum Gasteiger partial charge on any atom is 0.222 e. The van der Waals surface area contributed by atoms with Gasteiger partial charge in [-0.3, -0.25) is 9.79 Å². The maximum absolute atomic E-state index is 11.8. The average Bonchev–Trinajstić information content (AvgIpc) is 3.01. The number of nitrogens with one attached hydrogen (secondary N) is 2. The van der Waals surface area contributed by atoms with Crippen LogP contribution in [0, 0.1) is 11.8 Å². The molecule has 2 rings (SSSR count). The SMILES string of the molecule is CCNC(=NCC1CCCC(C)C1)NC1CCN(C(=O)CC)C1. The molecule has 2 aliphatic rings. The first-order chi connectivity index (χ1) is 11.1. The van der Waals surface area contributed by atoms with Crippen LogP contribution in [0.1, 0.15) is 59.3 Å². The molecule has 23 heavy (non-hydrogen) atoms. The van der Waals surface area contributed by atoms with E-state index in [1.807, 2.05) is 11.8 Å². The summed E-state index contributed by atoms with van der Waals surface area (Å²) in [4.78, 5) is 18.6. The molecule has 132 valence electrons. The standard InChI is InChI=1S/C18H34N4O/c1-4-17(23)22-10-9-16(13-22)21-18(19-5-2)20-12-15-8-6-7-14(3)11-15/h14-16H,4-13H2,1-3H3,(H2,19,20,21). The van der Waals surface area contributed by atoms with Gasteiger partial charge >= 0.3 is 0 Å². The summed E-state index contributed by atoms with van der Waals surface area (Å²) in [6, 6.07) is 0.327. The minimum atomic E-state index is 0.257. The summed E-state index contributed by atoms with van der Waals surface area (Å²) in [6.07, 6.45) is 6.96. The van der Waals surface area contributed by atoms with E-state index in [0.29, 0.717) is 12.5 Å². The molecule has 1 aliphatic heterocycles. The summed E-state index contributed by atoms with van der Waals surface area (Å²) in [5.41, 5.74) is 0. The van der Waals surface area contributed by atoms with Gasteiger partial charge in [0.15, 0.2) is 5.96 Å². The lowest BCUT2D eigenvalue weighted by atomic mass is 9.82. The van der Waals surface area contributed by atoms with Crippen molar-refractivity contribution in [3.05, 3.63) is 0 Å². The third-order valence-electron chi connectivity index (χ3n) is 5.08. The second-order valence-corrected chi connectivity index (χ2v) is 7.18. The molecular weight excluding hydrogens is 288 g/mol. The Labute approximate surface area is 141 Å². The van der Waals surface area contributed by atoms with E-state index in [0.717, 1.165) is 50.4 Å². The number of guanidine groups is 1. The minimum Gasteiger partial charge on any atom is -0.357 e. The van der Waals surface area contributed by atoms with Gasteiger partial charge in [-0.1, -0.05) is 26.7 Å². The first-order valence-electron chi connectivity index (χ1n) is 9.45. The Kier molecular flexibility index (Phi) is 7.18. The van der Waals surface area contributed by atoms with E-state index in [2.05, 4.69) is 24.5 Å². The quantitative estimate of drug-likeness (QED) is 0.603. The van der Waals surface area contributed by atoms with Gasteiger partial charge in [0.05, 0.1) is 0 Å². The normalized spacial score (nSPS) is 28.7. The highest BCUT2D eigenvalue weighted by Crippen LogP contribution is 2.28. The van der Waals surface area contributed by atoms with Crippen LogP contribution in [0.4, 0.5) is 0 Å². The number of rotatable bonds is 5. The van der Waals surface area contributed by atoms with Crippen LogP contribution in [0.3, 0.4) is 0 Å². The molecule has 0 aromatic carbocycles. The van der Waals surface area contributed by atoms with Gasteiger partial charge in [-0.25, -0.2) is 0 Å². The van der Waals surface area contributed by atoms with Crippen molar-refractivity contribution in [3.63, 3.8) is 0 Å². The number of carbonyl (C=O) groups excluding carboxylic acids is 1. The van der Waals surface area contributed by atoms with Crippen LogP contribution in [0.5, 0.6) is 0 Å². The molecule has 1 amide bonds. The van der Waals surface area contributed by atoms with Crippen molar-refractivity contribution in [1.29, 1.82) is 0 Å². The molecule has 5 heteroatoms. The topological polar surface area (TPSA) is 56.7 Å². The fourth-order valence-corrected chi connectivity index (χ4v) is 3.79. The second-order valence-electron chi connectivity index (χ2n) is 7.18. The van der Waals surface area contributed by atoms with E-state index in [4.69, 9.17) is 4.99 Å². The smallest absolute Gasteiger partial charge is 0.222 e. The number of hydrogen-bond acceptors (Lipinski definition) is 2. The molecule has 1 saturated heterocycles. The predicted molar refractivity (Wildman–Crippen MR) is 95.5 cm³/mol. The van der Waals surface area contributed by atoms with Crippen molar-refractivity contribution >= 4 is 11.9 Å². The monoisotopic (exact) mass is 322 g/mol. The maximum atomic E-state index is 11.8. The Hall–Kier alpha value is -1.26. The Bertz CT molecular complexity index is 410. The van der Waals surface area contributed by atoms with Crippen molar-refractivity contribution in [1.82, 2.24) is 15.5 Å². The Morgan fingerprint density at radius 3 is 2.78 bits per heavy atom. The zero-order valence-corrected chi connectivity index (χ0v) is 15.1. The molecule has 1 heterocycles. The Balaban J connectivity index is 1.83. The molecule has 0 aromatic rings. The molecule has 3 unspecified atom stereocenters. The van der Waals surface area contributed by atoms with Crippen molar-refractivity contribution in [2.45, 2.75) is 65.3 Å². The summed E-state index contributed by atoms with van der Waals surface area (Å²) in [5.74, 6) is 2.76. The molecule has 0 spiro atoms. The molecule has 0 radical (unpaired) electrons. The molecule has 2 N–H and O–H groups in total. The fraction of sp³-hybridized carbons (Fsp3) is 0.889. The number of carbonyl (C=O) groups is 1. The number of likely N-dealkylation sites (tertiary alicyclic amines) is 1. The molecule has 2 fully saturated rings. The van der Waals surface area contributed by atoms with Crippen LogP contribution in [0.25, 0.3) is 0 Å². The lowest BCUT2D eigenvalue weighted by Crippen LogP contribution is -2.45. The van der Waals surface area contributed by atoms with Gasteiger partial charge in [0.2, 0.25) is 5.91 Å². The minimum absolute atomic E-state index is 0.257. The summed E-state index contributed by atoms with van der Waals surface area (Å²) in [7, 11) is 0. The average molecular weight is 322 g/mol. The van der Waals surface area contributed by atoms with Gasteiger partial charge in [-0.15, -0.1) is 0 Å². The van der Waals surface area contributed by atoms with Crippen molar-refractivity contribution in [3.8, 4) is 0 Å². The van der Waals surface area contributed by atoms with E-state index < -0.39 is 0 Å². The van der Waals surface area contributed by atoms with Crippen LogP contribution >= 0.6 is 0 Å². The lowest BCUT2D eigenvalue weighted by molar-refractivity contribution is -0.129.